The van der Waals surface area contributed by atoms with E-state index < -0.39 is 42.8 Å². The zero-order valence-corrected chi connectivity index (χ0v) is 26.0. The van der Waals surface area contributed by atoms with Gasteiger partial charge in [0.05, 0.1) is 34.5 Å². The molecule has 0 saturated heterocycles. The van der Waals surface area contributed by atoms with Crippen LogP contribution in [-0.4, -0.2) is 58.4 Å². The average molecular weight is 561 g/mol. The predicted octanol–water partition coefficient (Wildman–Crippen LogP) is 3.82. The summed E-state index contributed by atoms with van der Waals surface area (Å²) >= 11 is 0. The van der Waals surface area contributed by atoms with Gasteiger partial charge in [0.1, 0.15) is 0 Å². The second-order valence-electron chi connectivity index (χ2n) is 12.1. The van der Waals surface area contributed by atoms with Gasteiger partial charge in [-0.25, -0.2) is 0 Å². The van der Waals surface area contributed by atoms with Crippen molar-refractivity contribution in [3.8, 4) is 0 Å². The average Bonchev–Trinajstić information content (AvgIpc) is 3.44. The lowest BCUT2D eigenvalue weighted by Gasteiger charge is -2.39. The standard InChI is InChI=1S/C30H44O8Si/c1-10-35-24(31)29(25(32)36-11-2)15-19-14-23(39(8,9)28(5,6)7)22-18-30(26(33)37-12-3,27(34)38-13-4)17-21(22)20(19)16-29/h14H,10-13,15-18H2,1-9H3. The SMILES string of the molecule is CCOC(=O)C1(C(=O)OCC)Cc2cc([Si](C)(C)C(C)(C)C)c3c(c2C1)CC(C(=O)OCC)(C(=O)OCC)C3. The Balaban J connectivity index is 2.31. The maximum absolute atomic E-state index is 13.5. The molecule has 9 heteroatoms. The van der Waals surface area contributed by atoms with Gasteiger partial charge in [0.25, 0.3) is 0 Å². The maximum Gasteiger partial charge on any atom is 0.324 e. The molecule has 0 heterocycles. The van der Waals surface area contributed by atoms with E-state index in [0.717, 1.165) is 27.4 Å². The number of carbonyl (C=O) groups is 4. The molecule has 0 unspecified atom stereocenters. The first-order valence-electron chi connectivity index (χ1n) is 14.0. The highest BCUT2D eigenvalue weighted by atomic mass is 28.3. The van der Waals surface area contributed by atoms with Crippen LogP contribution in [0.15, 0.2) is 6.07 Å². The van der Waals surface area contributed by atoms with E-state index in [9.17, 15) is 19.2 Å². The number of hydrogen-bond acceptors (Lipinski definition) is 8. The Hall–Kier alpha value is -2.68. The first-order chi connectivity index (χ1) is 18.2. The molecule has 0 radical (unpaired) electrons. The largest absolute Gasteiger partial charge is 0.465 e. The van der Waals surface area contributed by atoms with Crippen LogP contribution >= 0.6 is 0 Å². The highest BCUT2D eigenvalue weighted by Gasteiger charge is 2.59. The molecule has 0 atom stereocenters. The van der Waals surface area contributed by atoms with E-state index in [2.05, 4.69) is 39.9 Å². The van der Waals surface area contributed by atoms with Crippen LogP contribution in [0.5, 0.6) is 0 Å². The molecular formula is C30H44O8Si. The van der Waals surface area contributed by atoms with E-state index in [4.69, 9.17) is 18.9 Å². The smallest absolute Gasteiger partial charge is 0.324 e. The molecule has 3 rings (SSSR count). The number of benzene rings is 1. The monoisotopic (exact) mass is 560 g/mol. The molecule has 0 aromatic heterocycles. The lowest BCUT2D eigenvalue weighted by Crippen LogP contribution is -2.51. The summed E-state index contributed by atoms with van der Waals surface area (Å²) in [5.41, 5.74) is 0.476. The van der Waals surface area contributed by atoms with Crippen LogP contribution in [0.25, 0.3) is 0 Å². The highest BCUT2D eigenvalue weighted by Crippen LogP contribution is 2.49. The van der Waals surface area contributed by atoms with Crippen LogP contribution < -0.4 is 5.19 Å². The lowest BCUT2D eigenvalue weighted by molar-refractivity contribution is -0.173. The predicted molar refractivity (Wildman–Crippen MR) is 149 cm³/mol. The van der Waals surface area contributed by atoms with E-state index in [0.29, 0.717) is 0 Å². The zero-order valence-electron chi connectivity index (χ0n) is 25.0. The molecule has 8 nitrogen and oxygen atoms in total. The summed E-state index contributed by atoms with van der Waals surface area (Å²) in [7, 11) is -2.22. The molecule has 39 heavy (non-hydrogen) atoms. The van der Waals surface area contributed by atoms with Crippen molar-refractivity contribution in [2.75, 3.05) is 26.4 Å². The Kier molecular flexibility index (Phi) is 8.75. The fourth-order valence-electron chi connectivity index (χ4n) is 5.82. The van der Waals surface area contributed by atoms with E-state index in [1.54, 1.807) is 27.7 Å². The summed E-state index contributed by atoms with van der Waals surface area (Å²) in [4.78, 5) is 53.6. The van der Waals surface area contributed by atoms with Crippen LogP contribution in [0.4, 0.5) is 0 Å². The molecule has 1 aromatic rings. The van der Waals surface area contributed by atoms with Crippen molar-refractivity contribution >= 4 is 37.1 Å². The van der Waals surface area contributed by atoms with Crippen molar-refractivity contribution in [3.63, 3.8) is 0 Å². The summed E-state index contributed by atoms with van der Waals surface area (Å²) in [6.45, 7) is 18.6. The van der Waals surface area contributed by atoms with E-state index in [1.807, 2.05) is 0 Å². The third kappa shape index (κ3) is 5.03. The first kappa shape index (κ1) is 30.9. The van der Waals surface area contributed by atoms with E-state index >= 15 is 0 Å². The van der Waals surface area contributed by atoms with Crippen molar-refractivity contribution in [2.45, 2.75) is 92.3 Å². The number of carbonyl (C=O) groups excluding carboxylic acids is 4. The Labute approximate surface area is 233 Å². The molecule has 216 valence electrons. The third-order valence-corrected chi connectivity index (χ3v) is 14.4. The number of ether oxygens (including phenoxy) is 4. The molecule has 0 saturated carbocycles. The van der Waals surface area contributed by atoms with Crippen LogP contribution in [0, 0.1) is 10.8 Å². The van der Waals surface area contributed by atoms with Gasteiger partial charge in [0, 0.05) is 12.8 Å². The second-order valence-corrected chi connectivity index (χ2v) is 17.4. The highest BCUT2D eigenvalue weighted by molar-refractivity contribution is 6.92. The Bertz CT molecular complexity index is 1120. The van der Waals surface area contributed by atoms with Crippen LogP contribution in [0.1, 0.15) is 70.7 Å². The molecular weight excluding hydrogens is 516 g/mol. The minimum atomic E-state index is -2.22. The molecule has 0 aliphatic heterocycles. The van der Waals surface area contributed by atoms with Gasteiger partial charge in [-0.05, 0) is 67.8 Å². The van der Waals surface area contributed by atoms with Gasteiger partial charge < -0.3 is 18.9 Å². The minimum absolute atomic E-state index is 0.0495. The van der Waals surface area contributed by atoms with Gasteiger partial charge in [0.15, 0.2) is 10.8 Å². The molecule has 0 fully saturated rings. The number of rotatable bonds is 9. The maximum atomic E-state index is 13.5. The van der Waals surface area contributed by atoms with Crippen molar-refractivity contribution in [1.82, 2.24) is 0 Å². The Morgan fingerprint density at radius 1 is 0.667 bits per heavy atom. The molecule has 0 bridgehead atoms. The summed E-state index contributed by atoms with van der Waals surface area (Å²) in [5.74, 6) is -2.42. The molecule has 0 N–H and O–H groups in total. The topological polar surface area (TPSA) is 105 Å². The first-order valence-corrected chi connectivity index (χ1v) is 17.0. The number of hydrogen-bond donors (Lipinski definition) is 0. The molecule has 2 aliphatic carbocycles. The van der Waals surface area contributed by atoms with Crippen molar-refractivity contribution < 1.29 is 38.1 Å². The number of fused-ring (bicyclic) bond motifs is 3. The van der Waals surface area contributed by atoms with Gasteiger partial charge in [-0.2, -0.15) is 0 Å². The molecule has 2 aliphatic rings. The van der Waals surface area contributed by atoms with Gasteiger partial charge in [-0.3, -0.25) is 19.2 Å². The van der Waals surface area contributed by atoms with Gasteiger partial charge in [0.2, 0.25) is 0 Å². The molecule has 0 amide bonds. The Morgan fingerprint density at radius 2 is 1.03 bits per heavy atom. The number of esters is 4. The Morgan fingerprint density at radius 3 is 1.41 bits per heavy atom. The molecule has 1 aromatic carbocycles. The minimum Gasteiger partial charge on any atom is -0.465 e. The van der Waals surface area contributed by atoms with Crippen LogP contribution in [0.3, 0.4) is 0 Å². The van der Waals surface area contributed by atoms with Crippen LogP contribution in [0.2, 0.25) is 18.1 Å². The zero-order chi connectivity index (χ0) is 29.4. The lowest BCUT2D eigenvalue weighted by atomic mass is 9.83. The van der Waals surface area contributed by atoms with Crippen molar-refractivity contribution in [1.29, 1.82) is 0 Å². The van der Waals surface area contributed by atoms with Crippen molar-refractivity contribution in [2.24, 2.45) is 10.8 Å². The fraction of sp³-hybridized carbons (Fsp3) is 0.667. The summed E-state index contributed by atoms with van der Waals surface area (Å²) in [6, 6.07) is 2.12. The van der Waals surface area contributed by atoms with Crippen molar-refractivity contribution in [3.05, 3.63) is 28.3 Å². The normalized spacial score (nSPS) is 17.2. The second kappa shape index (κ2) is 11.1. The van der Waals surface area contributed by atoms with Gasteiger partial charge >= 0.3 is 23.9 Å². The fourth-order valence-corrected chi connectivity index (χ4v) is 8.16. The summed E-state index contributed by atoms with van der Waals surface area (Å²) in [5, 5.41) is 1.08. The summed E-state index contributed by atoms with van der Waals surface area (Å²) < 4.78 is 21.7. The van der Waals surface area contributed by atoms with Crippen LogP contribution in [-0.2, 0) is 63.8 Å². The van der Waals surface area contributed by atoms with Gasteiger partial charge in [-0.1, -0.05) is 45.1 Å². The van der Waals surface area contributed by atoms with E-state index in [-0.39, 0.29) is 57.1 Å². The quantitative estimate of drug-likeness (QED) is 0.194. The molecule has 0 spiro atoms. The van der Waals surface area contributed by atoms with Gasteiger partial charge in [-0.15, -0.1) is 0 Å². The van der Waals surface area contributed by atoms with E-state index in [1.165, 1.54) is 0 Å². The summed E-state index contributed by atoms with van der Waals surface area (Å²) in [6.07, 6.45) is 0.524. The third-order valence-electron chi connectivity index (χ3n) is 8.90.